The molecule has 1 N–H and O–H groups in total. The zero-order valence-corrected chi connectivity index (χ0v) is 11.7. The number of piperidine rings is 1. The summed E-state index contributed by atoms with van der Waals surface area (Å²) < 4.78 is 36.4. The van der Waals surface area contributed by atoms with E-state index in [1.165, 1.54) is 16.4 Å². The van der Waals surface area contributed by atoms with E-state index in [2.05, 4.69) is 0 Å². The topological polar surface area (TPSA) is 80.0 Å². The number of rotatable bonds is 5. The molecule has 1 aliphatic heterocycles. The van der Waals surface area contributed by atoms with E-state index in [4.69, 9.17) is 14.3 Å². The molecular weight excluding hydrogens is 270 g/mol. The Morgan fingerprint density at radius 3 is 2.95 bits per heavy atom. The molecule has 1 aromatic heterocycles. The van der Waals surface area contributed by atoms with Gasteiger partial charge in [0.2, 0.25) is 5.09 Å². The standard InChI is InChI=1S/C12H19NO5S/c1-17-9-10-3-2-6-13(7-10)19(15,16)12-5-4-11(8-14)18-12/h4-5,10,14H,2-3,6-9H2,1H3. The molecular formula is C12H19NO5S. The number of aliphatic hydroxyl groups excluding tert-OH is 1. The lowest BCUT2D eigenvalue weighted by molar-refractivity contribution is 0.118. The summed E-state index contributed by atoms with van der Waals surface area (Å²) >= 11 is 0. The van der Waals surface area contributed by atoms with E-state index in [-0.39, 0.29) is 23.4 Å². The lowest BCUT2D eigenvalue weighted by atomic mass is 10.0. The van der Waals surface area contributed by atoms with Crippen molar-refractivity contribution in [2.24, 2.45) is 5.92 Å². The predicted octanol–water partition coefficient (Wildman–Crippen LogP) is 0.819. The minimum Gasteiger partial charge on any atom is -0.446 e. The molecule has 19 heavy (non-hydrogen) atoms. The van der Waals surface area contributed by atoms with E-state index >= 15 is 0 Å². The maximum atomic E-state index is 12.4. The number of furan rings is 1. The van der Waals surface area contributed by atoms with Crippen LogP contribution in [0.15, 0.2) is 21.6 Å². The molecule has 6 nitrogen and oxygen atoms in total. The van der Waals surface area contributed by atoms with Gasteiger partial charge in [0.25, 0.3) is 10.0 Å². The van der Waals surface area contributed by atoms with E-state index in [1.54, 1.807) is 7.11 Å². The zero-order valence-electron chi connectivity index (χ0n) is 10.9. The van der Waals surface area contributed by atoms with Crippen LogP contribution in [0.25, 0.3) is 0 Å². The molecule has 1 saturated heterocycles. The lowest BCUT2D eigenvalue weighted by Crippen LogP contribution is -2.40. The maximum Gasteiger partial charge on any atom is 0.276 e. The average molecular weight is 289 g/mol. The van der Waals surface area contributed by atoms with Gasteiger partial charge in [0.1, 0.15) is 12.4 Å². The molecule has 0 amide bonds. The molecule has 108 valence electrons. The third-order valence-electron chi connectivity index (χ3n) is 3.27. The number of methoxy groups -OCH3 is 1. The number of ether oxygens (including phenoxy) is 1. The molecule has 7 heteroatoms. The van der Waals surface area contributed by atoms with Crippen LogP contribution in [0.1, 0.15) is 18.6 Å². The summed E-state index contributed by atoms with van der Waals surface area (Å²) in [5.41, 5.74) is 0. The predicted molar refractivity (Wildman–Crippen MR) is 68.0 cm³/mol. The van der Waals surface area contributed by atoms with Gasteiger partial charge in [-0.3, -0.25) is 0 Å². The number of nitrogens with zero attached hydrogens (tertiary/aromatic N) is 1. The third-order valence-corrected chi connectivity index (χ3v) is 5.01. The molecule has 1 aliphatic rings. The molecule has 0 aliphatic carbocycles. The van der Waals surface area contributed by atoms with Crippen LogP contribution < -0.4 is 0 Å². The molecule has 0 saturated carbocycles. The van der Waals surface area contributed by atoms with Gasteiger partial charge in [-0.15, -0.1) is 0 Å². The Bertz CT molecular complexity index is 508. The van der Waals surface area contributed by atoms with Crippen LogP contribution in [0.3, 0.4) is 0 Å². The summed E-state index contributed by atoms with van der Waals surface area (Å²) in [5.74, 6) is 0.477. The monoisotopic (exact) mass is 289 g/mol. The highest BCUT2D eigenvalue weighted by Gasteiger charge is 2.32. The smallest absolute Gasteiger partial charge is 0.276 e. The minimum atomic E-state index is -3.60. The fourth-order valence-electron chi connectivity index (χ4n) is 2.33. The van der Waals surface area contributed by atoms with E-state index in [0.29, 0.717) is 19.7 Å². The lowest BCUT2D eigenvalue weighted by Gasteiger charge is -2.30. The van der Waals surface area contributed by atoms with Gasteiger partial charge in [0, 0.05) is 20.2 Å². The molecule has 1 atom stereocenters. The highest BCUT2D eigenvalue weighted by Crippen LogP contribution is 2.25. The zero-order chi connectivity index (χ0) is 13.9. The second kappa shape index (κ2) is 6.04. The molecule has 1 fully saturated rings. The quantitative estimate of drug-likeness (QED) is 0.868. The van der Waals surface area contributed by atoms with Crippen molar-refractivity contribution in [2.75, 3.05) is 26.8 Å². The number of aliphatic hydroxyl groups is 1. The summed E-state index contributed by atoms with van der Waals surface area (Å²) in [6.45, 7) is 1.21. The molecule has 2 rings (SSSR count). The Morgan fingerprint density at radius 1 is 1.53 bits per heavy atom. The highest BCUT2D eigenvalue weighted by atomic mass is 32.2. The Morgan fingerprint density at radius 2 is 2.32 bits per heavy atom. The molecule has 0 radical (unpaired) electrons. The summed E-state index contributed by atoms with van der Waals surface area (Å²) in [4.78, 5) is 0. The van der Waals surface area contributed by atoms with Gasteiger partial charge < -0.3 is 14.3 Å². The largest absolute Gasteiger partial charge is 0.446 e. The van der Waals surface area contributed by atoms with Crippen molar-refractivity contribution in [2.45, 2.75) is 24.5 Å². The Kier molecular flexibility index (Phi) is 4.62. The van der Waals surface area contributed by atoms with Gasteiger partial charge in [0.15, 0.2) is 0 Å². The van der Waals surface area contributed by atoms with Crippen LogP contribution >= 0.6 is 0 Å². The normalized spacial score (nSPS) is 21.7. The van der Waals surface area contributed by atoms with Crippen molar-refractivity contribution in [1.82, 2.24) is 4.31 Å². The first kappa shape index (κ1) is 14.5. The SMILES string of the molecule is COCC1CCCN(S(=O)(=O)c2ccc(CO)o2)C1. The van der Waals surface area contributed by atoms with Crippen molar-refractivity contribution >= 4 is 10.0 Å². The number of hydrogen-bond donors (Lipinski definition) is 1. The molecule has 0 bridgehead atoms. The molecule has 2 heterocycles. The van der Waals surface area contributed by atoms with Gasteiger partial charge >= 0.3 is 0 Å². The van der Waals surface area contributed by atoms with Crippen LogP contribution in [-0.2, 0) is 21.4 Å². The van der Waals surface area contributed by atoms with Crippen LogP contribution in [0.2, 0.25) is 0 Å². The van der Waals surface area contributed by atoms with Gasteiger partial charge in [0.05, 0.1) is 6.61 Å². The van der Waals surface area contributed by atoms with Crippen molar-refractivity contribution in [3.05, 3.63) is 17.9 Å². The molecule has 1 aromatic rings. The fraction of sp³-hybridized carbons (Fsp3) is 0.667. The van der Waals surface area contributed by atoms with E-state index in [1.807, 2.05) is 0 Å². The van der Waals surface area contributed by atoms with Crippen molar-refractivity contribution in [3.63, 3.8) is 0 Å². The number of sulfonamides is 1. The Balaban J connectivity index is 2.14. The first-order chi connectivity index (χ1) is 9.07. The summed E-state index contributed by atoms with van der Waals surface area (Å²) in [5, 5.41) is 8.82. The summed E-state index contributed by atoms with van der Waals surface area (Å²) in [7, 11) is -1.98. The second-order valence-corrected chi connectivity index (χ2v) is 6.57. The fourth-order valence-corrected chi connectivity index (χ4v) is 3.81. The first-order valence-electron chi connectivity index (χ1n) is 6.26. The van der Waals surface area contributed by atoms with Gasteiger partial charge in [-0.25, -0.2) is 8.42 Å². The molecule has 1 unspecified atom stereocenters. The average Bonchev–Trinajstić information content (AvgIpc) is 2.89. The number of hydrogen-bond acceptors (Lipinski definition) is 5. The summed E-state index contributed by atoms with van der Waals surface area (Å²) in [6, 6.07) is 2.87. The summed E-state index contributed by atoms with van der Waals surface area (Å²) in [6.07, 6.45) is 1.79. The highest BCUT2D eigenvalue weighted by molar-refractivity contribution is 7.89. The van der Waals surface area contributed by atoms with Gasteiger partial charge in [-0.05, 0) is 30.9 Å². The Hall–Kier alpha value is -0.890. The first-order valence-corrected chi connectivity index (χ1v) is 7.70. The van der Waals surface area contributed by atoms with Gasteiger partial charge in [-0.2, -0.15) is 4.31 Å². The van der Waals surface area contributed by atoms with Crippen LogP contribution in [0.5, 0.6) is 0 Å². The second-order valence-electron chi connectivity index (χ2n) is 4.71. The molecule has 0 spiro atoms. The third kappa shape index (κ3) is 3.17. The van der Waals surface area contributed by atoms with Crippen molar-refractivity contribution in [3.8, 4) is 0 Å². The van der Waals surface area contributed by atoms with Crippen LogP contribution in [-0.4, -0.2) is 44.6 Å². The molecule has 0 aromatic carbocycles. The van der Waals surface area contributed by atoms with E-state index < -0.39 is 10.0 Å². The van der Waals surface area contributed by atoms with Crippen molar-refractivity contribution in [1.29, 1.82) is 0 Å². The maximum absolute atomic E-state index is 12.4. The minimum absolute atomic E-state index is 0.102. The van der Waals surface area contributed by atoms with E-state index in [0.717, 1.165) is 12.8 Å². The van der Waals surface area contributed by atoms with E-state index in [9.17, 15) is 8.42 Å². The van der Waals surface area contributed by atoms with Crippen molar-refractivity contribution < 1.29 is 22.7 Å². The Labute approximate surface area is 113 Å². The van der Waals surface area contributed by atoms with Gasteiger partial charge in [-0.1, -0.05) is 0 Å². The van der Waals surface area contributed by atoms with Crippen LogP contribution in [0, 0.1) is 5.92 Å². The van der Waals surface area contributed by atoms with Crippen LogP contribution in [0.4, 0.5) is 0 Å².